The lowest BCUT2D eigenvalue weighted by atomic mass is 10.1. The summed E-state index contributed by atoms with van der Waals surface area (Å²) in [6, 6.07) is 7.50. The van der Waals surface area contributed by atoms with E-state index in [1.807, 2.05) is 31.2 Å². The minimum atomic E-state index is -0.726. The standard InChI is InChI=1S/C13H14ClN3O2/c1-13(10-2-4-11(14)5-3-10)18-7-12(19-13)6-17-9-15-8-16-17/h2-5,8-9,12H,6-7H2,1H3/t12-,13+/m1/s1. The number of halogens is 1. The number of rotatable bonds is 3. The molecular weight excluding hydrogens is 266 g/mol. The van der Waals surface area contributed by atoms with Crippen LogP contribution >= 0.6 is 11.6 Å². The number of hydrogen-bond donors (Lipinski definition) is 0. The molecule has 6 heteroatoms. The quantitative estimate of drug-likeness (QED) is 0.864. The number of benzene rings is 1. The first kappa shape index (κ1) is 12.6. The molecule has 0 aliphatic carbocycles. The molecular formula is C13H14ClN3O2. The SMILES string of the molecule is C[C@]1(c2ccc(Cl)cc2)OC[C@@H](Cn2cncn2)O1. The van der Waals surface area contributed by atoms with E-state index in [2.05, 4.69) is 10.1 Å². The summed E-state index contributed by atoms with van der Waals surface area (Å²) in [6.45, 7) is 3.07. The fraction of sp³-hybridized carbons (Fsp3) is 0.385. The summed E-state index contributed by atoms with van der Waals surface area (Å²) in [4.78, 5) is 3.91. The zero-order valence-corrected chi connectivity index (χ0v) is 11.2. The molecule has 19 heavy (non-hydrogen) atoms. The third-order valence-corrected chi connectivity index (χ3v) is 3.41. The maximum atomic E-state index is 5.99. The molecule has 100 valence electrons. The molecule has 1 aliphatic rings. The van der Waals surface area contributed by atoms with Crippen LogP contribution in [0.4, 0.5) is 0 Å². The van der Waals surface area contributed by atoms with Crippen molar-refractivity contribution >= 4 is 11.6 Å². The average molecular weight is 280 g/mol. The normalized spacial score (nSPS) is 26.7. The van der Waals surface area contributed by atoms with Crippen molar-refractivity contribution in [2.24, 2.45) is 0 Å². The van der Waals surface area contributed by atoms with E-state index in [-0.39, 0.29) is 6.10 Å². The number of ether oxygens (including phenoxy) is 2. The Hall–Kier alpha value is -1.43. The molecule has 0 N–H and O–H groups in total. The number of nitrogens with zero attached hydrogens (tertiary/aromatic N) is 3. The van der Waals surface area contributed by atoms with Gasteiger partial charge in [0.25, 0.3) is 0 Å². The van der Waals surface area contributed by atoms with Gasteiger partial charge in [-0.15, -0.1) is 0 Å². The van der Waals surface area contributed by atoms with Crippen LogP contribution in [-0.4, -0.2) is 27.5 Å². The van der Waals surface area contributed by atoms with E-state index >= 15 is 0 Å². The van der Waals surface area contributed by atoms with Crippen molar-refractivity contribution in [1.82, 2.24) is 14.8 Å². The Morgan fingerprint density at radius 2 is 2.21 bits per heavy atom. The molecule has 0 unspecified atom stereocenters. The van der Waals surface area contributed by atoms with Crippen molar-refractivity contribution in [3.8, 4) is 0 Å². The van der Waals surface area contributed by atoms with E-state index in [1.54, 1.807) is 11.0 Å². The highest BCUT2D eigenvalue weighted by molar-refractivity contribution is 6.30. The van der Waals surface area contributed by atoms with Gasteiger partial charge < -0.3 is 9.47 Å². The van der Waals surface area contributed by atoms with Gasteiger partial charge in [0.1, 0.15) is 18.8 Å². The summed E-state index contributed by atoms with van der Waals surface area (Å²) in [5.41, 5.74) is 0.956. The van der Waals surface area contributed by atoms with Crippen LogP contribution in [0.1, 0.15) is 12.5 Å². The Bertz CT molecular complexity index is 544. The van der Waals surface area contributed by atoms with Crippen LogP contribution in [0.2, 0.25) is 5.02 Å². The zero-order valence-electron chi connectivity index (χ0n) is 10.5. The van der Waals surface area contributed by atoms with Crippen LogP contribution in [0.5, 0.6) is 0 Å². The fourth-order valence-electron chi connectivity index (χ4n) is 2.17. The maximum Gasteiger partial charge on any atom is 0.192 e. The van der Waals surface area contributed by atoms with Gasteiger partial charge in [0.2, 0.25) is 0 Å². The molecule has 1 aromatic carbocycles. The lowest BCUT2D eigenvalue weighted by Crippen LogP contribution is -2.25. The van der Waals surface area contributed by atoms with Crippen molar-refractivity contribution in [3.05, 3.63) is 47.5 Å². The predicted molar refractivity (Wildman–Crippen MR) is 69.7 cm³/mol. The van der Waals surface area contributed by atoms with E-state index < -0.39 is 5.79 Å². The number of hydrogen-bond acceptors (Lipinski definition) is 4. The first-order valence-corrected chi connectivity index (χ1v) is 6.44. The van der Waals surface area contributed by atoms with Gasteiger partial charge >= 0.3 is 0 Å². The highest BCUT2D eigenvalue weighted by Gasteiger charge is 2.38. The number of aromatic nitrogens is 3. The molecule has 2 atom stereocenters. The summed E-state index contributed by atoms with van der Waals surface area (Å²) < 4.78 is 13.5. The third-order valence-electron chi connectivity index (χ3n) is 3.16. The summed E-state index contributed by atoms with van der Waals surface area (Å²) in [5, 5.41) is 4.76. The molecule has 0 radical (unpaired) electrons. The van der Waals surface area contributed by atoms with Gasteiger partial charge in [0.05, 0.1) is 13.2 Å². The summed E-state index contributed by atoms with van der Waals surface area (Å²) in [6.07, 6.45) is 3.14. The van der Waals surface area contributed by atoms with Crippen molar-refractivity contribution in [2.45, 2.75) is 25.4 Å². The van der Waals surface area contributed by atoms with Crippen LogP contribution in [-0.2, 0) is 21.8 Å². The predicted octanol–water partition coefficient (Wildman–Crippen LogP) is 2.22. The summed E-state index contributed by atoms with van der Waals surface area (Å²) in [5.74, 6) is -0.726. The second-order valence-corrected chi connectivity index (χ2v) is 5.06. The van der Waals surface area contributed by atoms with Gasteiger partial charge in [0.15, 0.2) is 5.79 Å². The maximum absolute atomic E-state index is 5.99. The molecule has 0 saturated carbocycles. The van der Waals surface area contributed by atoms with Crippen LogP contribution in [0.25, 0.3) is 0 Å². The molecule has 1 fully saturated rings. The van der Waals surface area contributed by atoms with Crippen LogP contribution in [0, 0.1) is 0 Å². The molecule has 1 aromatic heterocycles. The van der Waals surface area contributed by atoms with Crippen LogP contribution in [0.15, 0.2) is 36.9 Å². The largest absolute Gasteiger partial charge is 0.343 e. The van der Waals surface area contributed by atoms with Gasteiger partial charge in [-0.3, -0.25) is 4.68 Å². The topological polar surface area (TPSA) is 49.2 Å². The second kappa shape index (κ2) is 4.92. The molecule has 5 nitrogen and oxygen atoms in total. The minimum Gasteiger partial charge on any atom is -0.343 e. The van der Waals surface area contributed by atoms with Crippen LogP contribution in [0.3, 0.4) is 0 Å². The van der Waals surface area contributed by atoms with Crippen molar-refractivity contribution in [2.75, 3.05) is 6.61 Å². The molecule has 0 spiro atoms. The first-order chi connectivity index (χ1) is 9.16. The summed E-state index contributed by atoms with van der Waals surface area (Å²) in [7, 11) is 0. The Balaban J connectivity index is 1.71. The lowest BCUT2D eigenvalue weighted by molar-refractivity contribution is -0.163. The summed E-state index contributed by atoms with van der Waals surface area (Å²) >= 11 is 5.89. The van der Waals surface area contributed by atoms with Crippen molar-refractivity contribution < 1.29 is 9.47 Å². The minimum absolute atomic E-state index is 0.0395. The molecule has 2 heterocycles. The van der Waals surface area contributed by atoms with E-state index in [0.717, 1.165) is 5.56 Å². The molecule has 0 bridgehead atoms. The highest BCUT2D eigenvalue weighted by atomic mass is 35.5. The van der Waals surface area contributed by atoms with E-state index in [4.69, 9.17) is 21.1 Å². The third kappa shape index (κ3) is 2.63. The van der Waals surface area contributed by atoms with Gasteiger partial charge in [-0.05, 0) is 19.1 Å². The van der Waals surface area contributed by atoms with Crippen molar-refractivity contribution in [1.29, 1.82) is 0 Å². The van der Waals surface area contributed by atoms with Gasteiger partial charge in [-0.2, -0.15) is 5.10 Å². The van der Waals surface area contributed by atoms with E-state index in [0.29, 0.717) is 18.2 Å². The highest BCUT2D eigenvalue weighted by Crippen LogP contribution is 2.34. The molecule has 3 rings (SSSR count). The smallest absolute Gasteiger partial charge is 0.192 e. The second-order valence-electron chi connectivity index (χ2n) is 4.62. The van der Waals surface area contributed by atoms with E-state index in [1.165, 1.54) is 6.33 Å². The Kier molecular flexibility index (Phi) is 3.26. The fourth-order valence-corrected chi connectivity index (χ4v) is 2.29. The molecule has 2 aromatic rings. The Morgan fingerprint density at radius 3 is 2.89 bits per heavy atom. The van der Waals surface area contributed by atoms with Gasteiger partial charge in [-0.1, -0.05) is 23.7 Å². The molecule has 1 saturated heterocycles. The monoisotopic (exact) mass is 279 g/mol. The lowest BCUT2D eigenvalue weighted by Gasteiger charge is -2.23. The van der Waals surface area contributed by atoms with Gasteiger partial charge in [0, 0.05) is 10.6 Å². The average Bonchev–Trinajstić information content (AvgIpc) is 3.02. The molecule has 1 aliphatic heterocycles. The zero-order chi connectivity index (χ0) is 13.3. The molecule has 0 amide bonds. The van der Waals surface area contributed by atoms with Crippen molar-refractivity contribution in [3.63, 3.8) is 0 Å². The van der Waals surface area contributed by atoms with E-state index in [9.17, 15) is 0 Å². The Labute approximate surface area is 116 Å². The van der Waals surface area contributed by atoms with Gasteiger partial charge in [-0.25, -0.2) is 4.98 Å². The first-order valence-electron chi connectivity index (χ1n) is 6.06. The van der Waals surface area contributed by atoms with Crippen LogP contribution < -0.4 is 0 Å². The Morgan fingerprint density at radius 1 is 1.42 bits per heavy atom.